The average Bonchev–Trinajstić information content (AvgIpc) is 2.55. The molecule has 6 nitrogen and oxygen atoms in total. The number of aliphatic carboxylic acids is 1. The van der Waals surface area contributed by atoms with Crippen molar-refractivity contribution in [1.82, 2.24) is 9.29 Å². The van der Waals surface area contributed by atoms with Gasteiger partial charge < -0.3 is 5.11 Å². The number of rotatable bonds is 5. The molecule has 1 unspecified atom stereocenters. The maximum absolute atomic E-state index is 12.9. The third-order valence-electron chi connectivity index (χ3n) is 4.39. The van der Waals surface area contributed by atoms with Gasteiger partial charge in [-0.1, -0.05) is 30.7 Å². The monoisotopic (exact) mass is 348 g/mol. The van der Waals surface area contributed by atoms with Crippen LogP contribution in [0.1, 0.15) is 31.2 Å². The first-order valence-corrected chi connectivity index (χ1v) is 9.62. The molecule has 1 aromatic carbocycles. The minimum Gasteiger partial charge on any atom is -0.481 e. The van der Waals surface area contributed by atoms with Crippen LogP contribution in [0.25, 0.3) is 10.9 Å². The summed E-state index contributed by atoms with van der Waals surface area (Å²) >= 11 is 0. The predicted molar refractivity (Wildman–Crippen MR) is 91.0 cm³/mol. The van der Waals surface area contributed by atoms with Crippen LogP contribution in [-0.2, 0) is 20.6 Å². The van der Waals surface area contributed by atoms with Gasteiger partial charge in [0.1, 0.15) is 0 Å². The Balaban J connectivity index is 1.90. The molecule has 2 heterocycles. The lowest BCUT2D eigenvalue weighted by molar-refractivity contribution is -0.138. The fourth-order valence-electron chi connectivity index (χ4n) is 3.31. The lowest BCUT2D eigenvalue weighted by Gasteiger charge is -2.33. The SMILES string of the molecule is O=C(O)CC1CCCCN1S(=O)(=O)Cc1cccc2cccnc12. The highest BCUT2D eigenvalue weighted by molar-refractivity contribution is 7.88. The highest BCUT2D eigenvalue weighted by atomic mass is 32.2. The first kappa shape index (κ1) is 16.9. The van der Waals surface area contributed by atoms with E-state index in [2.05, 4.69) is 4.98 Å². The van der Waals surface area contributed by atoms with Gasteiger partial charge in [0.2, 0.25) is 10.0 Å². The molecule has 1 aromatic heterocycles. The Morgan fingerprint density at radius 3 is 2.83 bits per heavy atom. The number of aromatic nitrogens is 1. The minimum absolute atomic E-state index is 0.146. The average molecular weight is 348 g/mol. The van der Waals surface area contributed by atoms with Crippen molar-refractivity contribution in [3.05, 3.63) is 42.1 Å². The molecule has 1 fully saturated rings. The van der Waals surface area contributed by atoms with Crippen LogP contribution < -0.4 is 0 Å². The molecule has 3 rings (SSSR count). The number of hydrogen-bond donors (Lipinski definition) is 1. The number of carboxylic acids is 1. The second-order valence-electron chi connectivity index (χ2n) is 6.11. The summed E-state index contributed by atoms with van der Waals surface area (Å²) < 4.78 is 27.2. The summed E-state index contributed by atoms with van der Waals surface area (Å²) in [5.41, 5.74) is 1.32. The number of carbonyl (C=O) groups is 1. The minimum atomic E-state index is -3.59. The van der Waals surface area contributed by atoms with E-state index < -0.39 is 22.0 Å². The normalized spacial score (nSPS) is 19.4. The van der Waals surface area contributed by atoms with E-state index in [0.29, 0.717) is 24.0 Å². The standard InChI is InChI=1S/C17H20N2O4S/c20-16(21)11-15-8-1-2-10-19(15)24(22,23)12-14-6-3-5-13-7-4-9-18-17(13)14/h3-7,9,15H,1-2,8,10-12H2,(H,20,21). The second-order valence-corrected chi connectivity index (χ2v) is 8.03. The Morgan fingerprint density at radius 2 is 2.04 bits per heavy atom. The molecule has 1 saturated heterocycles. The number of sulfonamides is 1. The van der Waals surface area contributed by atoms with E-state index in [9.17, 15) is 13.2 Å². The van der Waals surface area contributed by atoms with E-state index in [1.807, 2.05) is 24.3 Å². The molecule has 0 radical (unpaired) electrons. The highest BCUT2D eigenvalue weighted by Crippen LogP contribution is 2.26. The number of hydrogen-bond acceptors (Lipinski definition) is 4. The van der Waals surface area contributed by atoms with Crippen LogP contribution in [0.4, 0.5) is 0 Å². The van der Waals surface area contributed by atoms with Crippen LogP contribution >= 0.6 is 0 Å². The highest BCUT2D eigenvalue weighted by Gasteiger charge is 2.33. The Hall–Kier alpha value is -1.99. The van der Waals surface area contributed by atoms with E-state index in [1.54, 1.807) is 12.3 Å². The fourth-order valence-corrected chi connectivity index (χ4v) is 5.14. The van der Waals surface area contributed by atoms with Crippen molar-refractivity contribution in [1.29, 1.82) is 0 Å². The summed E-state index contributed by atoms with van der Waals surface area (Å²) in [4.78, 5) is 15.3. The molecule has 1 atom stereocenters. The number of carboxylic acid groups (broad SMARTS) is 1. The molecule has 1 aliphatic rings. The smallest absolute Gasteiger partial charge is 0.304 e. The van der Waals surface area contributed by atoms with Crippen molar-refractivity contribution in [3.63, 3.8) is 0 Å². The molecule has 0 bridgehead atoms. The van der Waals surface area contributed by atoms with E-state index in [4.69, 9.17) is 5.11 Å². The van der Waals surface area contributed by atoms with Crippen molar-refractivity contribution < 1.29 is 18.3 Å². The van der Waals surface area contributed by atoms with Crippen LogP contribution in [0.5, 0.6) is 0 Å². The lowest BCUT2D eigenvalue weighted by Crippen LogP contribution is -2.45. The summed E-state index contributed by atoms with van der Waals surface area (Å²) in [7, 11) is -3.59. The number of benzene rings is 1. The van der Waals surface area contributed by atoms with Gasteiger partial charge in [-0.2, -0.15) is 4.31 Å². The van der Waals surface area contributed by atoms with Crippen LogP contribution in [0, 0.1) is 0 Å². The molecular weight excluding hydrogens is 328 g/mol. The maximum Gasteiger partial charge on any atom is 0.304 e. The molecular formula is C17H20N2O4S. The zero-order chi connectivity index (χ0) is 17.2. The van der Waals surface area contributed by atoms with Crippen molar-refractivity contribution in [3.8, 4) is 0 Å². The Kier molecular flexibility index (Phi) is 4.82. The van der Waals surface area contributed by atoms with Crippen LogP contribution in [-0.4, -0.2) is 41.4 Å². The number of nitrogens with zero attached hydrogens (tertiary/aromatic N) is 2. The van der Waals surface area contributed by atoms with Crippen molar-refractivity contribution in [2.45, 2.75) is 37.5 Å². The van der Waals surface area contributed by atoms with E-state index in [-0.39, 0.29) is 12.2 Å². The predicted octanol–water partition coefficient (Wildman–Crippen LogP) is 2.39. The van der Waals surface area contributed by atoms with Gasteiger partial charge in [0.15, 0.2) is 0 Å². The van der Waals surface area contributed by atoms with Gasteiger partial charge in [0.25, 0.3) is 0 Å². The number of pyridine rings is 1. The van der Waals surface area contributed by atoms with Crippen molar-refractivity contribution in [2.75, 3.05) is 6.54 Å². The van der Waals surface area contributed by atoms with Gasteiger partial charge in [-0.05, 0) is 24.5 Å². The third-order valence-corrected chi connectivity index (χ3v) is 6.27. The maximum atomic E-state index is 12.9. The molecule has 24 heavy (non-hydrogen) atoms. The van der Waals surface area contributed by atoms with Gasteiger partial charge in [0.05, 0.1) is 17.7 Å². The lowest BCUT2D eigenvalue weighted by atomic mass is 10.0. The topological polar surface area (TPSA) is 87.6 Å². The largest absolute Gasteiger partial charge is 0.481 e. The zero-order valence-electron chi connectivity index (χ0n) is 13.3. The van der Waals surface area contributed by atoms with Gasteiger partial charge in [-0.25, -0.2) is 8.42 Å². The molecule has 0 aliphatic carbocycles. The van der Waals surface area contributed by atoms with Crippen molar-refractivity contribution >= 4 is 26.9 Å². The summed E-state index contributed by atoms with van der Waals surface area (Å²) in [5, 5.41) is 9.94. The molecule has 1 N–H and O–H groups in total. The van der Waals surface area contributed by atoms with Gasteiger partial charge >= 0.3 is 5.97 Å². The molecule has 2 aromatic rings. The number of piperidine rings is 1. The zero-order valence-corrected chi connectivity index (χ0v) is 14.1. The van der Waals surface area contributed by atoms with E-state index in [0.717, 1.165) is 18.2 Å². The number of para-hydroxylation sites is 1. The molecule has 1 aliphatic heterocycles. The first-order chi connectivity index (χ1) is 11.5. The van der Waals surface area contributed by atoms with Crippen LogP contribution in [0.3, 0.4) is 0 Å². The second kappa shape index (κ2) is 6.86. The Bertz CT molecular complexity index is 845. The third kappa shape index (κ3) is 3.57. The molecule has 0 amide bonds. The van der Waals surface area contributed by atoms with Crippen LogP contribution in [0.15, 0.2) is 36.5 Å². The van der Waals surface area contributed by atoms with Gasteiger partial charge in [-0.3, -0.25) is 9.78 Å². The number of fused-ring (bicyclic) bond motifs is 1. The molecule has 0 saturated carbocycles. The summed E-state index contributed by atoms with van der Waals surface area (Å²) in [6.07, 6.45) is 3.72. The first-order valence-electron chi connectivity index (χ1n) is 8.01. The molecule has 7 heteroatoms. The van der Waals surface area contributed by atoms with Crippen molar-refractivity contribution in [2.24, 2.45) is 0 Å². The van der Waals surface area contributed by atoms with Gasteiger partial charge in [0, 0.05) is 24.2 Å². The molecule has 128 valence electrons. The van der Waals surface area contributed by atoms with E-state index in [1.165, 1.54) is 4.31 Å². The fraction of sp³-hybridized carbons (Fsp3) is 0.412. The quantitative estimate of drug-likeness (QED) is 0.896. The summed E-state index contributed by atoms with van der Waals surface area (Å²) in [6.45, 7) is 0.387. The van der Waals surface area contributed by atoms with Gasteiger partial charge in [-0.15, -0.1) is 0 Å². The Labute approximate surface area is 141 Å². The molecule has 0 spiro atoms. The summed E-state index contributed by atoms with van der Waals surface area (Å²) in [5.74, 6) is -1.12. The Morgan fingerprint density at radius 1 is 1.25 bits per heavy atom. The van der Waals surface area contributed by atoms with E-state index >= 15 is 0 Å². The van der Waals surface area contributed by atoms with Crippen LogP contribution in [0.2, 0.25) is 0 Å². The summed E-state index contributed by atoms with van der Waals surface area (Å²) in [6, 6.07) is 8.74.